The summed E-state index contributed by atoms with van der Waals surface area (Å²) >= 11 is 0. The highest BCUT2D eigenvalue weighted by Gasteiger charge is 2.21. The molecule has 0 aromatic heterocycles. The molecule has 0 heteroatoms. The van der Waals surface area contributed by atoms with Crippen molar-refractivity contribution < 1.29 is 0 Å². The average molecular weight is 250 g/mol. The van der Waals surface area contributed by atoms with Gasteiger partial charge in [0.2, 0.25) is 0 Å². The lowest BCUT2D eigenvalue weighted by atomic mass is 9.78. The Bertz CT molecular complexity index is 594. The van der Waals surface area contributed by atoms with E-state index >= 15 is 0 Å². The Hall–Kier alpha value is -1.56. The number of hydrogen-bond donors (Lipinski definition) is 0. The van der Waals surface area contributed by atoms with Crippen LogP contribution >= 0.6 is 0 Å². The fourth-order valence-corrected chi connectivity index (χ4v) is 3.23. The van der Waals surface area contributed by atoms with Crippen LogP contribution in [0.25, 0.3) is 10.8 Å². The highest BCUT2D eigenvalue weighted by Crippen LogP contribution is 2.35. The van der Waals surface area contributed by atoms with E-state index in [1.807, 2.05) is 0 Å². The Balaban J connectivity index is 1.90. The number of fused-ring (bicyclic) bond motifs is 1. The third kappa shape index (κ3) is 2.58. The maximum atomic E-state index is 2.43. The third-order valence-corrected chi connectivity index (χ3v) is 4.54. The molecule has 0 aliphatic heterocycles. The predicted molar refractivity (Wildman–Crippen MR) is 83.4 cm³/mol. The quantitative estimate of drug-likeness (QED) is 0.613. The van der Waals surface area contributed by atoms with Crippen molar-refractivity contribution in [3.8, 4) is 0 Å². The molecule has 0 spiro atoms. The van der Waals surface area contributed by atoms with Crippen LogP contribution in [-0.4, -0.2) is 0 Å². The first-order chi connectivity index (χ1) is 9.24. The number of benzene rings is 2. The highest BCUT2D eigenvalue weighted by molar-refractivity contribution is 5.83. The van der Waals surface area contributed by atoms with E-state index in [4.69, 9.17) is 0 Å². The summed E-state index contributed by atoms with van der Waals surface area (Å²) in [7, 11) is 0. The summed E-state index contributed by atoms with van der Waals surface area (Å²) in [4.78, 5) is 0. The molecule has 0 radical (unpaired) electrons. The van der Waals surface area contributed by atoms with Gasteiger partial charge in [-0.3, -0.25) is 0 Å². The molecule has 19 heavy (non-hydrogen) atoms. The standard InChI is InChI=1S/C19H22/c1-14-6-5-9-17(12-14)15(2)18-11-10-16-7-3-4-8-19(16)13-18/h3-5,7-11,13-15,17H,6,12H2,1-2H3. The summed E-state index contributed by atoms with van der Waals surface area (Å²) in [6.07, 6.45) is 7.38. The normalized spacial score (nSPS) is 24.5. The molecule has 0 N–H and O–H groups in total. The topological polar surface area (TPSA) is 0 Å². The van der Waals surface area contributed by atoms with Crippen LogP contribution < -0.4 is 0 Å². The van der Waals surface area contributed by atoms with E-state index in [0.717, 1.165) is 5.92 Å². The molecule has 2 aromatic rings. The second kappa shape index (κ2) is 5.21. The van der Waals surface area contributed by atoms with E-state index in [-0.39, 0.29) is 0 Å². The van der Waals surface area contributed by atoms with Gasteiger partial charge >= 0.3 is 0 Å². The van der Waals surface area contributed by atoms with E-state index < -0.39 is 0 Å². The lowest BCUT2D eigenvalue weighted by Gasteiger charge is -2.27. The molecule has 2 aromatic carbocycles. The molecular formula is C19H22. The maximum Gasteiger partial charge on any atom is -0.0127 e. The zero-order valence-electron chi connectivity index (χ0n) is 11.8. The van der Waals surface area contributed by atoms with Crippen molar-refractivity contribution >= 4 is 10.8 Å². The van der Waals surface area contributed by atoms with Crippen LogP contribution in [0.5, 0.6) is 0 Å². The van der Waals surface area contributed by atoms with Crippen molar-refractivity contribution in [1.82, 2.24) is 0 Å². The van der Waals surface area contributed by atoms with Gasteiger partial charge in [0.15, 0.2) is 0 Å². The summed E-state index contributed by atoms with van der Waals surface area (Å²) in [5.41, 5.74) is 1.47. The molecule has 0 saturated carbocycles. The minimum Gasteiger partial charge on any atom is -0.0880 e. The Morgan fingerprint density at radius 1 is 1.05 bits per heavy atom. The SMILES string of the molecule is CC1CC=CC(C(C)c2ccc3ccccc3c2)C1. The van der Waals surface area contributed by atoms with Crippen molar-refractivity contribution in [3.05, 3.63) is 60.2 Å². The van der Waals surface area contributed by atoms with Crippen LogP contribution in [0, 0.1) is 11.8 Å². The first-order valence-electron chi connectivity index (χ1n) is 7.39. The first kappa shape index (κ1) is 12.5. The smallest absolute Gasteiger partial charge is 0.0127 e. The third-order valence-electron chi connectivity index (χ3n) is 4.54. The van der Waals surface area contributed by atoms with E-state index in [0.29, 0.717) is 11.8 Å². The van der Waals surface area contributed by atoms with Gasteiger partial charge in [0, 0.05) is 0 Å². The van der Waals surface area contributed by atoms with Gasteiger partial charge in [-0.1, -0.05) is 68.5 Å². The molecule has 0 amide bonds. The lowest BCUT2D eigenvalue weighted by molar-refractivity contribution is 0.387. The van der Waals surface area contributed by atoms with Gasteiger partial charge in [-0.2, -0.15) is 0 Å². The number of rotatable bonds is 2. The second-order valence-electron chi connectivity index (χ2n) is 6.06. The molecular weight excluding hydrogens is 228 g/mol. The van der Waals surface area contributed by atoms with Crippen molar-refractivity contribution in [2.45, 2.75) is 32.6 Å². The van der Waals surface area contributed by atoms with Gasteiger partial charge in [0.05, 0.1) is 0 Å². The summed E-state index contributed by atoms with van der Waals surface area (Å²) < 4.78 is 0. The molecule has 1 aliphatic rings. The van der Waals surface area contributed by atoms with Crippen LogP contribution in [0.2, 0.25) is 0 Å². The van der Waals surface area contributed by atoms with Crippen LogP contribution in [-0.2, 0) is 0 Å². The molecule has 0 heterocycles. The Morgan fingerprint density at radius 2 is 1.84 bits per heavy atom. The fourth-order valence-electron chi connectivity index (χ4n) is 3.23. The van der Waals surface area contributed by atoms with Crippen LogP contribution in [0.15, 0.2) is 54.6 Å². The maximum absolute atomic E-state index is 2.43. The van der Waals surface area contributed by atoms with Gasteiger partial charge in [-0.15, -0.1) is 0 Å². The molecule has 98 valence electrons. The largest absolute Gasteiger partial charge is 0.0880 e. The summed E-state index contributed by atoms with van der Waals surface area (Å²) in [5, 5.41) is 2.70. The average Bonchev–Trinajstić information content (AvgIpc) is 2.46. The van der Waals surface area contributed by atoms with E-state index in [9.17, 15) is 0 Å². The monoisotopic (exact) mass is 250 g/mol. The molecule has 3 rings (SSSR count). The molecule has 0 nitrogen and oxygen atoms in total. The molecule has 3 unspecified atom stereocenters. The van der Waals surface area contributed by atoms with Gasteiger partial charge in [-0.25, -0.2) is 0 Å². The van der Waals surface area contributed by atoms with E-state index in [1.54, 1.807) is 0 Å². The summed E-state index contributed by atoms with van der Waals surface area (Å²) in [5.74, 6) is 2.14. The van der Waals surface area contributed by atoms with Crippen LogP contribution in [0.3, 0.4) is 0 Å². The minimum atomic E-state index is 0.614. The molecule has 0 bridgehead atoms. The van der Waals surface area contributed by atoms with Crippen LogP contribution in [0.1, 0.15) is 38.2 Å². The molecule has 3 atom stereocenters. The van der Waals surface area contributed by atoms with E-state index in [2.05, 4.69) is 68.5 Å². The Morgan fingerprint density at radius 3 is 2.63 bits per heavy atom. The zero-order chi connectivity index (χ0) is 13.2. The zero-order valence-corrected chi connectivity index (χ0v) is 11.8. The minimum absolute atomic E-state index is 0.614. The Kier molecular flexibility index (Phi) is 3.42. The van der Waals surface area contributed by atoms with Gasteiger partial charge in [-0.05, 0) is 46.9 Å². The summed E-state index contributed by atoms with van der Waals surface area (Å²) in [6, 6.07) is 15.6. The molecule has 0 saturated heterocycles. The van der Waals surface area contributed by atoms with Gasteiger partial charge in [0.25, 0.3) is 0 Å². The number of hydrogen-bond acceptors (Lipinski definition) is 0. The second-order valence-corrected chi connectivity index (χ2v) is 6.06. The number of allylic oxidation sites excluding steroid dienone is 2. The van der Waals surface area contributed by atoms with Crippen molar-refractivity contribution in [1.29, 1.82) is 0 Å². The highest BCUT2D eigenvalue weighted by atomic mass is 14.3. The predicted octanol–water partition coefficient (Wildman–Crippen LogP) is 5.55. The van der Waals surface area contributed by atoms with Gasteiger partial charge in [0.1, 0.15) is 0 Å². The van der Waals surface area contributed by atoms with Crippen molar-refractivity contribution in [2.75, 3.05) is 0 Å². The molecule has 1 aliphatic carbocycles. The van der Waals surface area contributed by atoms with Crippen molar-refractivity contribution in [2.24, 2.45) is 11.8 Å². The summed E-state index contributed by atoms with van der Waals surface area (Å²) in [6.45, 7) is 4.74. The van der Waals surface area contributed by atoms with Crippen molar-refractivity contribution in [3.63, 3.8) is 0 Å². The first-order valence-corrected chi connectivity index (χ1v) is 7.39. The van der Waals surface area contributed by atoms with Gasteiger partial charge < -0.3 is 0 Å². The van der Waals surface area contributed by atoms with E-state index in [1.165, 1.54) is 29.2 Å². The Labute approximate surface area is 116 Å². The fraction of sp³-hybridized carbons (Fsp3) is 0.368. The lowest BCUT2D eigenvalue weighted by Crippen LogP contribution is -2.14. The van der Waals surface area contributed by atoms with Crippen LogP contribution in [0.4, 0.5) is 0 Å². The molecule has 0 fully saturated rings.